The molecular formula is C19H21F2N3O. The van der Waals surface area contributed by atoms with Crippen molar-refractivity contribution >= 4 is 17.3 Å². The van der Waals surface area contributed by atoms with E-state index in [2.05, 4.69) is 17.2 Å². The van der Waals surface area contributed by atoms with Crippen LogP contribution in [0.25, 0.3) is 0 Å². The molecule has 1 unspecified atom stereocenters. The fraction of sp³-hybridized carbons (Fsp3) is 0.368. The van der Waals surface area contributed by atoms with Gasteiger partial charge in [-0.1, -0.05) is 6.92 Å². The third kappa shape index (κ3) is 3.95. The van der Waals surface area contributed by atoms with E-state index in [4.69, 9.17) is 0 Å². The van der Waals surface area contributed by atoms with Crippen LogP contribution in [0.1, 0.15) is 43.1 Å². The second kappa shape index (κ2) is 7.59. The lowest BCUT2D eigenvalue weighted by Gasteiger charge is -2.35. The van der Waals surface area contributed by atoms with Crippen LogP contribution >= 0.6 is 0 Å². The predicted octanol–water partition coefficient (Wildman–Crippen LogP) is 4.51. The molecule has 1 aliphatic rings. The zero-order valence-corrected chi connectivity index (χ0v) is 14.1. The summed E-state index contributed by atoms with van der Waals surface area (Å²) in [5.74, 6) is -1.90. The molecule has 0 radical (unpaired) electrons. The number of piperidine rings is 1. The quantitative estimate of drug-likeness (QED) is 0.887. The molecule has 0 bridgehead atoms. The maximum Gasteiger partial charge on any atom is 0.272 e. The number of carbonyl (C=O) groups is 1. The molecule has 132 valence electrons. The van der Waals surface area contributed by atoms with Crippen LogP contribution in [0.3, 0.4) is 0 Å². The van der Waals surface area contributed by atoms with E-state index >= 15 is 0 Å². The van der Waals surface area contributed by atoms with Gasteiger partial charge < -0.3 is 10.2 Å². The molecule has 1 fully saturated rings. The van der Waals surface area contributed by atoms with Gasteiger partial charge in [-0.25, -0.2) is 8.78 Å². The number of halogens is 2. The fourth-order valence-corrected chi connectivity index (χ4v) is 3.21. The van der Waals surface area contributed by atoms with Crippen LogP contribution in [0.15, 0.2) is 36.5 Å². The number of hydrogen-bond acceptors (Lipinski definition) is 3. The normalized spacial score (nSPS) is 17.4. The Labute approximate surface area is 145 Å². The van der Waals surface area contributed by atoms with Gasteiger partial charge in [0.2, 0.25) is 0 Å². The second-order valence-electron chi connectivity index (χ2n) is 6.24. The molecule has 2 aromatic rings. The van der Waals surface area contributed by atoms with Crippen LogP contribution in [0.5, 0.6) is 0 Å². The molecule has 1 saturated heterocycles. The Morgan fingerprint density at radius 2 is 2.00 bits per heavy atom. The van der Waals surface area contributed by atoms with Gasteiger partial charge in [0.25, 0.3) is 5.91 Å². The van der Waals surface area contributed by atoms with E-state index in [1.807, 2.05) is 4.90 Å². The van der Waals surface area contributed by atoms with Crippen molar-refractivity contribution in [2.24, 2.45) is 0 Å². The maximum absolute atomic E-state index is 13.3. The van der Waals surface area contributed by atoms with E-state index in [1.165, 1.54) is 6.07 Å². The SMILES string of the molecule is CCC1CCCCN1C(=O)c1cc(Nc2ccc(F)c(F)c2)ccn1. The van der Waals surface area contributed by atoms with Gasteiger partial charge in [0.05, 0.1) is 0 Å². The molecule has 25 heavy (non-hydrogen) atoms. The lowest BCUT2D eigenvalue weighted by atomic mass is 9.99. The Morgan fingerprint density at radius 1 is 1.20 bits per heavy atom. The van der Waals surface area contributed by atoms with Crippen molar-refractivity contribution in [3.05, 3.63) is 53.9 Å². The third-order valence-electron chi connectivity index (χ3n) is 4.55. The van der Waals surface area contributed by atoms with Crippen LogP contribution in [0.2, 0.25) is 0 Å². The van der Waals surface area contributed by atoms with E-state index in [0.29, 0.717) is 17.1 Å². The first kappa shape index (κ1) is 17.3. The highest BCUT2D eigenvalue weighted by Gasteiger charge is 2.26. The van der Waals surface area contributed by atoms with Gasteiger partial charge in [-0.3, -0.25) is 9.78 Å². The highest BCUT2D eigenvalue weighted by atomic mass is 19.2. The summed E-state index contributed by atoms with van der Waals surface area (Å²) in [5.41, 5.74) is 1.37. The summed E-state index contributed by atoms with van der Waals surface area (Å²) in [6.45, 7) is 2.84. The molecule has 2 heterocycles. The molecule has 1 aliphatic heterocycles. The first-order chi connectivity index (χ1) is 12.1. The number of pyridine rings is 1. The number of nitrogens with zero attached hydrogens (tertiary/aromatic N) is 2. The first-order valence-corrected chi connectivity index (χ1v) is 8.57. The molecule has 0 spiro atoms. The van der Waals surface area contributed by atoms with Crippen molar-refractivity contribution in [2.75, 3.05) is 11.9 Å². The fourth-order valence-electron chi connectivity index (χ4n) is 3.21. The number of nitrogens with one attached hydrogen (secondary N) is 1. The molecule has 1 atom stereocenters. The van der Waals surface area contributed by atoms with Crippen molar-refractivity contribution < 1.29 is 13.6 Å². The molecule has 0 saturated carbocycles. The lowest BCUT2D eigenvalue weighted by molar-refractivity contribution is 0.0602. The average Bonchev–Trinajstić information content (AvgIpc) is 2.64. The Bertz CT molecular complexity index is 766. The molecule has 1 aromatic carbocycles. The van der Waals surface area contributed by atoms with Crippen LogP contribution < -0.4 is 5.32 Å². The summed E-state index contributed by atoms with van der Waals surface area (Å²) < 4.78 is 26.3. The first-order valence-electron chi connectivity index (χ1n) is 8.57. The Balaban J connectivity index is 1.78. The highest BCUT2D eigenvalue weighted by Crippen LogP contribution is 2.23. The Hall–Kier alpha value is -2.50. The van der Waals surface area contributed by atoms with Gasteiger partial charge in [0, 0.05) is 36.2 Å². The summed E-state index contributed by atoms with van der Waals surface area (Å²) in [7, 11) is 0. The van der Waals surface area contributed by atoms with Crippen molar-refractivity contribution in [1.29, 1.82) is 0 Å². The molecule has 4 nitrogen and oxygen atoms in total. The van der Waals surface area contributed by atoms with Crippen molar-refractivity contribution in [2.45, 2.75) is 38.6 Å². The number of anilines is 2. The molecule has 6 heteroatoms. The zero-order valence-electron chi connectivity index (χ0n) is 14.1. The Kier molecular flexibility index (Phi) is 5.26. The van der Waals surface area contributed by atoms with Crippen LogP contribution in [0, 0.1) is 11.6 Å². The summed E-state index contributed by atoms with van der Waals surface area (Å²) >= 11 is 0. The number of rotatable bonds is 4. The second-order valence-corrected chi connectivity index (χ2v) is 6.24. The molecular weight excluding hydrogens is 324 g/mol. The van der Waals surface area contributed by atoms with Crippen LogP contribution in [-0.2, 0) is 0 Å². The third-order valence-corrected chi connectivity index (χ3v) is 4.55. The summed E-state index contributed by atoms with van der Waals surface area (Å²) in [5, 5.41) is 2.98. The van der Waals surface area contributed by atoms with Gasteiger partial charge in [0.1, 0.15) is 5.69 Å². The van der Waals surface area contributed by atoms with E-state index in [9.17, 15) is 13.6 Å². The highest BCUT2D eigenvalue weighted by molar-refractivity contribution is 5.93. The minimum Gasteiger partial charge on any atom is -0.355 e. The summed E-state index contributed by atoms with van der Waals surface area (Å²) in [6, 6.07) is 7.17. The van der Waals surface area contributed by atoms with Gasteiger partial charge in [-0.15, -0.1) is 0 Å². The van der Waals surface area contributed by atoms with E-state index < -0.39 is 11.6 Å². The lowest BCUT2D eigenvalue weighted by Crippen LogP contribution is -2.43. The predicted molar refractivity (Wildman–Crippen MR) is 92.8 cm³/mol. The molecule has 0 aliphatic carbocycles. The molecule has 1 amide bonds. The number of carbonyl (C=O) groups excluding carboxylic acids is 1. The summed E-state index contributed by atoms with van der Waals surface area (Å²) in [4.78, 5) is 18.9. The van der Waals surface area contributed by atoms with Crippen molar-refractivity contribution in [3.63, 3.8) is 0 Å². The van der Waals surface area contributed by atoms with Crippen LogP contribution in [0.4, 0.5) is 20.2 Å². The van der Waals surface area contributed by atoms with E-state index in [-0.39, 0.29) is 11.9 Å². The van der Waals surface area contributed by atoms with E-state index in [0.717, 1.165) is 44.4 Å². The topological polar surface area (TPSA) is 45.2 Å². The minimum atomic E-state index is -0.922. The number of amides is 1. The smallest absolute Gasteiger partial charge is 0.272 e. The largest absolute Gasteiger partial charge is 0.355 e. The number of aromatic nitrogens is 1. The number of hydrogen-bond donors (Lipinski definition) is 1. The molecule has 1 N–H and O–H groups in total. The number of likely N-dealkylation sites (tertiary alicyclic amines) is 1. The molecule has 3 rings (SSSR count). The molecule has 1 aromatic heterocycles. The van der Waals surface area contributed by atoms with Gasteiger partial charge in [-0.2, -0.15) is 0 Å². The standard InChI is InChI=1S/C19H21F2N3O/c1-2-15-5-3-4-10-24(15)19(25)18-12-14(8-9-22-18)23-13-6-7-16(20)17(21)11-13/h6-9,11-12,15H,2-5,10H2,1H3,(H,22,23). The zero-order chi connectivity index (χ0) is 17.8. The summed E-state index contributed by atoms with van der Waals surface area (Å²) in [6.07, 6.45) is 5.65. The van der Waals surface area contributed by atoms with Crippen LogP contribution in [-0.4, -0.2) is 28.4 Å². The van der Waals surface area contributed by atoms with Gasteiger partial charge >= 0.3 is 0 Å². The monoisotopic (exact) mass is 345 g/mol. The average molecular weight is 345 g/mol. The minimum absolute atomic E-state index is 0.0829. The van der Waals surface area contributed by atoms with E-state index in [1.54, 1.807) is 18.3 Å². The van der Waals surface area contributed by atoms with Gasteiger partial charge in [-0.05, 0) is 49.9 Å². The van der Waals surface area contributed by atoms with Gasteiger partial charge in [0.15, 0.2) is 11.6 Å². The Morgan fingerprint density at radius 3 is 2.76 bits per heavy atom. The van der Waals surface area contributed by atoms with Crippen molar-refractivity contribution in [1.82, 2.24) is 9.88 Å². The van der Waals surface area contributed by atoms with Crippen molar-refractivity contribution in [3.8, 4) is 0 Å². The number of benzene rings is 1. The maximum atomic E-state index is 13.3.